The van der Waals surface area contributed by atoms with E-state index in [0.717, 1.165) is 4.57 Å². The molecule has 110 valence electrons. The van der Waals surface area contributed by atoms with Gasteiger partial charge >= 0.3 is 5.69 Å². The first-order valence-corrected chi connectivity index (χ1v) is 6.39. The van der Waals surface area contributed by atoms with Crippen LogP contribution in [-0.2, 0) is 27.1 Å². The van der Waals surface area contributed by atoms with Crippen molar-refractivity contribution < 1.29 is 4.52 Å². The fraction of sp³-hybridized carbons (Fsp3) is 0.417. The molecule has 0 spiro atoms. The Bertz CT molecular complexity index is 929. The molecular weight excluding hydrogens is 276 g/mol. The third-order valence-corrected chi connectivity index (χ3v) is 3.36. The van der Waals surface area contributed by atoms with Gasteiger partial charge in [-0.3, -0.25) is 13.9 Å². The van der Waals surface area contributed by atoms with Gasteiger partial charge in [0.2, 0.25) is 5.89 Å². The highest BCUT2D eigenvalue weighted by atomic mass is 16.5. The van der Waals surface area contributed by atoms with Crippen LogP contribution in [0.5, 0.6) is 0 Å². The molecule has 0 saturated heterocycles. The van der Waals surface area contributed by atoms with E-state index in [1.807, 2.05) is 0 Å². The summed E-state index contributed by atoms with van der Waals surface area (Å²) in [6.45, 7) is 2.19. The van der Waals surface area contributed by atoms with Gasteiger partial charge in [0.1, 0.15) is 0 Å². The Morgan fingerprint density at radius 2 is 2.00 bits per heavy atom. The topological polar surface area (TPSA) is 101 Å². The van der Waals surface area contributed by atoms with Crippen LogP contribution in [0.15, 0.2) is 20.4 Å². The Balaban J connectivity index is 2.04. The van der Waals surface area contributed by atoms with Gasteiger partial charge in [-0.2, -0.15) is 4.98 Å². The maximum absolute atomic E-state index is 12.2. The number of hydrogen-bond acceptors (Lipinski definition) is 6. The van der Waals surface area contributed by atoms with E-state index in [0.29, 0.717) is 35.8 Å². The maximum Gasteiger partial charge on any atom is 0.332 e. The van der Waals surface area contributed by atoms with Gasteiger partial charge in [0.15, 0.2) is 17.0 Å². The van der Waals surface area contributed by atoms with Gasteiger partial charge in [-0.1, -0.05) is 5.16 Å². The highest BCUT2D eigenvalue weighted by Crippen LogP contribution is 2.07. The molecule has 0 aliphatic rings. The number of fused-ring (bicyclic) bond motifs is 1. The molecule has 3 heterocycles. The minimum absolute atomic E-state index is 0.366. The zero-order valence-corrected chi connectivity index (χ0v) is 11.9. The van der Waals surface area contributed by atoms with Crippen molar-refractivity contribution >= 4 is 11.2 Å². The fourth-order valence-electron chi connectivity index (χ4n) is 2.23. The molecule has 0 N–H and O–H groups in total. The Kier molecular flexibility index (Phi) is 2.96. The van der Waals surface area contributed by atoms with Gasteiger partial charge in [0.05, 0.1) is 6.33 Å². The molecule has 0 radical (unpaired) electrons. The first kappa shape index (κ1) is 13.3. The molecule has 3 rings (SSSR count). The zero-order valence-electron chi connectivity index (χ0n) is 11.9. The van der Waals surface area contributed by atoms with E-state index in [1.54, 1.807) is 24.9 Å². The van der Waals surface area contributed by atoms with Crippen molar-refractivity contribution in [2.45, 2.75) is 19.9 Å². The van der Waals surface area contributed by atoms with E-state index >= 15 is 0 Å². The standard InChI is InChI=1S/C12H14N6O3/c1-7-14-8(15-21-7)4-5-18-6-13-10-9(18)11(19)17(3)12(20)16(10)2/h6H,4-5H2,1-3H3. The lowest BCUT2D eigenvalue weighted by molar-refractivity contribution is 0.386. The monoisotopic (exact) mass is 290 g/mol. The van der Waals surface area contributed by atoms with Gasteiger partial charge in [-0.05, 0) is 0 Å². The Morgan fingerprint density at radius 3 is 2.67 bits per heavy atom. The summed E-state index contributed by atoms with van der Waals surface area (Å²) in [5.41, 5.74) is -0.00588. The average Bonchev–Trinajstić information content (AvgIpc) is 3.06. The summed E-state index contributed by atoms with van der Waals surface area (Å²) in [5.74, 6) is 1.06. The number of hydrogen-bond donors (Lipinski definition) is 0. The summed E-state index contributed by atoms with van der Waals surface area (Å²) in [7, 11) is 3.04. The van der Waals surface area contributed by atoms with Crippen LogP contribution in [0.3, 0.4) is 0 Å². The third kappa shape index (κ3) is 2.06. The summed E-state index contributed by atoms with van der Waals surface area (Å²) in [4.78, 5) is 32.3. The maximum atomic E-state index is 12.2. The van der Waals surface area contributed by atoms with Crippen molar-refractivity contribution in [2.75, 3.05) is 0 Å². The average molecular weight is 290 g/mol. The summed E-state index contributed by atoms with van der Waals surface area (Å²) < 4.78 is 9.02. The molecule has 3 aromatic heterocycles. The predicted molar refractivity (Wildman–Crippen MR) is 73.0 cm³/mol. The lowest BCUT2D eigenvalue weighted by atomic mass is 10.4. The van der Waals surface area contributed by atoms with Crippen molar-refractivity contribution in [2.24, 2.45) is 14.1 Å². The Morgan fingerprint density at radius 1 is 1.24 bits per heavy atom. The predicted octanol–water partition coefficient (Wildman–Crippen LogP) is -0.632. The summed E-state index contributed by atoms with van der Waals surface area (Å²) in [6.07, 6.45) is 2.05. The number of rotatable bonds is 3. The van der Waals surface area contributed by atoms with E-state index in [4.69, 9.17) is 4.52 Å². The number of aryl methyl sites for hydroxylation is 4. The first-order valence-electron chi connectivity index (χ1n) is 6.39. The molecule has 9 nitrogen and oxygen atoms in total. The van der Waals surface area contributed by atoms with Gasteiger partial charge in [0.25, 0.3) is 5.56 Å². The summed E-state index contributed by atoms with van der Waals surface area (Å²) >= 11 is 0. The van der Waals surface area contributed by atoms with Crippen molar-refractivity contribution in [3.63, 3.8) is 0 Å². The molecule has 0 aliphatic carbocycles. The number of aromatic nitrogens is 6. The van der Waals surface area contributed by atoms with Crippen molar-refractivity contribution in [3.05, 3.63) is 38.9 Å². The second-order valence-corrected chi connectivity index (χ2v) is 4.80. The van der Waals surface area contributed by atoms with Crippen LogP contribution in [0.2, 0.25) is 0 Å². The molecule has 0 amide bonds. The largest absolute Gasteiger partial charge is 0.340 e. The van der Waals surface area contributed by atoms with Crippen LogP contribution in [-0.4, -0.2) is 28.8 Å². The lowest BCUT2D eigenvalue weighted by Crippen LogP contribution is -2.37. The molecule has 21 heavy (non-hydrogen) atoms. The second-order valence-electron chi connectivity index (χ2n) is 4.80. The molecule has 0 fully saturated rings. The summed E-state index contributed by atoms with van der Waals surface area (Å²) in [6, 6.07) is 0. The van der Waals surface area contributed by atoms with Crippen LogP contribution in [0.1, 0.15) is 11.7 Å². The fourth-order valence-corrected chi connectivity index (χ4v) is 2.23. The van der Waals surface area contributed by atoms with Crippen molar-refractivity contribution in [3.8, 4) is 0 Å². The van der Waals surface area contributed by atoms with E-state index in [-0.39, 0.29) is 5.56 Å². The molecule has 0 bridgehead atoms. The van der Waals surface area contributed by atoms with Crippen LogP contribution in [0, 0.1) is 6.92 Å². The van der Waals surface area contributed by atoms with Gasteiger partial charge in [0, 0.05) is 34.0 Å². The van der Waals surface area contributed by atoms with Crippen molar-refractivity contribution in [1.82, 2.24) is 28.8 Å². The van der Waals surface area contributed by atoms with Crippen LogP contribution in [0.25, 0.3) is 11.2 Å². The quantitative estimate of drug-likeness (QED) is 0.636. The van der Waals surface area contributed by atoms with Gasteiger partial charge in [-0.25, -0.2) is 9.78 Å². The minimum atomic E-state index is -0.397. The van der Waals surface area contributed by atoms with Crippen LogP contribution >= 0.6 is 0 Å². The van der Waals surface area contributed by atoms with E-state index in [1.165, 1.54) is 11.6 Å². The highest BCUT2D eigenvalue weighted by Gasteiger charge is 2.14. The van der Waals surface area contributed by atoms with Crippen LogP contribution < -0.4 is 11.2 Å². The molecule has 0 saturated carbocycles. The van der Waals surface area contributed by atoms with Gasteiger partial charge in [-0.15, -0.1) is 0 Å². The molecule has 0 unspecified atom stereocenters. The highest BCUT2D eigenvalue weighted by molar-refractivity contribution is 5.69. The molecule has 0 aromatic carbocycles. The third-order valence-electron chi connectivity index (χ3n) is 3.36. The zero-order chi connectivity index (χ0) is 15.1. The molecule has 0 atom stereocenters. The van der Waals surface area contributed by atoms with E-state index in [2.05, 4.69) is 15.1 Å². The SMILES string of the molecule is Cc1nc(CCn2cnc3c2c(=O)n(C)c(=O)n3C)no1. The smallest absolute Gasteiger partial charge is 0.332 e. The molecule has 0 aliphatic heterocycles. The Labute approximate surface area is 118 Å². The molecular formula is C12H14N6O3. The Hall–Kier alpha value is -2.71. The molecule has 3 aromatic rings. The van der Waals surface area contributed by atoms with Gasteiger partial charge < -0.3 is 9.09 Å². The second kappa shape index (κ2) is 4.69. The van der Waals surface area contributed by atoms with E-state index < -0.39 is 5.69 Å². The first-order chi connectivity index (χ1) is 9.99. The number of nitrogens with zero attached hydrogens (tertiary/aromatic N) is 6. The van der Waals surface area contributed by atoms with Crippen molar-refractivity contribution in [1.29, 1.82) is 0 Å². The minimum Gasteiger partial charge on any atom is -0.340 e. The normalized spacial score (nSPS) is 11.4. The number of imidazole rings is 1. The lowest BCUT2D eigenvalue weighted by Gasteiger charge is -2.05. The van der Waals surface area contributed by atoms with E-state index in [9.17, 15) is 9.59 Å². The molecule has 9 heteroatoms. The van der Waals surface area contributed by atoms with Crippen LogP contribution in [0.4, 0.5) is 0 Å². The summed E-state index contributed by atoms with van der Waals surface area (Å²) in [5, 5.41) is 3.81.